The molecule has 2 rings (SSSR count). The molecule has 0 heterocycles. The molecule has 70 valence electrons. The third kappa shape index (κ3) is 1.68. The lowest BCUT2D eigenvalue weighted by atomic mass is 10.1. The molecular formula is C13H12S. The summed E-state index contributed by atoms with van der Waals surface area (Å²) in [7, 11) is 0. The lowest BCUT2D eigenvalue weighted by Gasteiger charge is -2.01. The molecule has 0 aliphatic rings. The first-order valence-corrected chi connectivity index (χ1v) is 5.76. The van der Waals surface area contributed by atoms with E-state index in [9.17, 15) is 0 Å². The molecule has 0 saturated heterocycles. The minimum absolute atomic E-state index is 1.18. The second kappa shape index (κ2) is 3.89. The van der Waals surface area contributed by atoms with Gasteiger partial charge in [-0.1, -0.05) is 30.9 Å². The van der Waals surface area contributed by atoms with E-state index in [1.54, 1.807) is 11.8 Å². The standard InChI is InChI=1S/C13H12S/c1-3-10-4-5-12-9-13(14-2)7-6-11(12)8-10/h3-9H,1H2,2H3. The second-order valence-electron chi connectivity index (χ2n) is 3.18. The molecule has 0 fully saturated rings. The highest BCUT2D eigenvalue weighted by Gasteiger charge is 1.95. The van der Waals surface area contributed by atoms with E-state index in [2.05, 4.69) is 49.2 Å². The van der Waals surface area contributed by atoms with Gasteiger partial charge in [0.15, 0.2) is 0 Å². The van der Waals surface area contributed by atoms with Crippen LogP contribution in [0, 0.1) is 0 Å². The van der Waals surface area contributed by atoms with Crippen LogP contribution in [-0.4, -0.2) is 6.26 Å². The van der Waals surface area contributed by atoms with Crippen molar-refractivity contribution < 1.29 is 0 Å². The highest BCUT2D eigenvalue weighted by atomic mass is 32.2. The van der Waals surface area contributed by atoms with Gasteiger partial charge in [-0.3, -0.25) is 0 Å². The molecule has 0 N–H and O–H groups in total. The van der Waals surface area contributed by atoms with E-state index >= 15 is 0 Å². The molecule has 2 aromatic carbocycles. The zero-order chi connectivity index (χ0) is 9.97. The van der Waals surface area contributed by atoms with Crippen LogP contribution in [-0.2, 0) is 0 Å². The Kier molecular flexibility index (Phi) is 2.60. The first kappa shape index (κ1) is 9.35. The Morgan fingerprint density at radius 2 is 1.79 bits per heavy atom. The van der Waals surface area contributed by atoms with Crippen LogP contribution >= 0.6 is 11.8 Å². The maximum absolute atomic E-state index is 3.77. The van der Waals surface area contributed by atoms with Gasteiger partial charge in [-0.15, -0.1) is 11.8 Å². The molecule has 0 bridgehead atoms. The molecule has 0 unspecified atom stereocenters. The van der Waals surface area contributed by atoms with Gasteiger partial charge in [0.25, 0.3) is 0 Å². The third-order valence-corrected chi connectivity index (χ3v) is 3.03. The van der Waals surface area contributed by atoms with Crippen molar-refractivity contribution in [2.45, 2.75) is 4.90 Å². The van der Waals surface area contributed by atoms with Gasteiger partial charge in [-0.05, 0) is 40.8 Å². The SMILES string of the molecule is C=Cc1ccc2cc(SC)ccc2c1. The number of hydrogen-bond donors (Lipinski definition) is 0. The fraction of sp³-hybridized carbons (Fsp3) is 0.0769. The van der Waals surface area contributed by atoms with E-state index in [1.165, 1.54) is 21.2 Å². The molecular weight excluding hydrogens is 188 g/mol. The molecule has 0 radical (unpaired) electrons. The summed E-state index contributed by atoms with van der Waals surface area (Å²) in [4.78, 5) is 1.31. The van der Waals surface area contributed by atoms with Crippen molar-refractivity contribution in [2.24, 2.45) is 0 Å². The van der Waals surface area contributed by atoms with Gasteiger partial charge in [0.05, 0.1) is 0 Å². The Morgan fingerprint density at radius 3 is 2.50 bits per heavy atom. The molecule has 14 heavy (non-hydrogen) atoms. The van der Waals surface area contributed by atoms with E-state index in [4.69, 9.17) is 0 Å². The minimum atomic E-state index is 1.18. The van der Waals surface area contributed by atoms with Crippen LogP contribution in [0.1, 0.15) is 5.56 Å². The Labute approximate surface area is 88.6 Å². The fourth-order valence-corrected chi connectivity index (χ4v) is 1.95. The highest BCUT2D eigenvalue weighted by Crippen LogP contribution is 2.22. The molecule has 0 saturated carbocycles. The summed E-state index contributed by atoms with van der Waals surface area (Å²) in [5.74, 6) is 0. The Morgan fingerprint density at radius 1 is 1.07 bits per heavy atom. The number of thioether (sulfide) groups is 1. The normalized spacial score (nSPS) is 10.4. The molecule has 0 amide bonds. The van der Waals surface area contributed by atoms with Crippen LogP contribution in [0.3, 0.4) is 0 Å². The van der Waals surface area contributed by atoms with Crippen LogP contribution in [0.4, 0.5) is 0 Å². The Bertz CT molecular complexity index is 472. The molecule has 0 aromatic heterocycles. The molecule has 1 heteroatoms. The number of hydrogen-bond acceptors (Lipinski definition) is 1. The largest absolute Gasteiger partial charge is 0.130 e. The smallest absolute Gasteiger partial charge is 0.00755 e. The molecule has 0 aliphatic carbocycles. The van der Waals surface area contributed by atoms with Crippen LogP contribution in [0.25, 0.3) is 16.8 Å². The maximum atomic E-state index is 3.77. The lowest BCUT2D eigenvalue weighted by Crippen LogP contribution is -1.76. The third-order valence-electron chi connectivity index (χ3n) is 2.31. The van der Waals surface area contributed by atoms with Crippen LogP contribution in [0.15, 0.2) is 47.9 Å². The lowest BCUT2D eigenvalue weighted by molar-refractivity contribution is 1.51. The summed E-state index contributed by atoms with van der Waals surface area (Å²) in [6.45, 7) is 3.77. The molecule has 0 nitrogen and oxygen atoms in total. The van der Waals surface area contributed by atoms with E-state index in [0.717, 1.165) is 0 Å². The van der Waals surface area contributed by atoms with Gasteiger partial charge < -0.3 is 0 Å². The quantitative estimate of drug-likeness (QED) is 0.654. The average molecular weight is 200 g/mol. The van der Waals surface area contributed by atoms with Crippen molar-refractivity contribution in [3.63, 3.8) is 0 Å². The van der Waals surface area contributed by atoms with Crippen molar-refractivity contribution in [1.29, 1.82) is 0 Å². The van der Waals surface area contributed by atoms with E-state index < -0.39 is 0 Å². The summed E-state index contributed by atoms with van der Waals surface area (Å²) >= 11 is 1.77. The molecule has 2 aromatic rings. The van der Waals surface area contributed by atoms with Crippen LogP contribution < -0.4 is 0 Å². The summed E-state index contributed by atoms with van der Waals surface area (Å²) in [6, 6.07) is 12.9. The number of rotatable bonds is 2. The van der Waals surface area contributed by atoms with Gasteiger partial charge in [-0.25, -0.2) is 0 Å². The first-order valence-electron chi connectivity index (χ1n) is 4.54. The van der Waals surface area contributed by atoms with Crippen LogP contribution in [0.5, 0.6) is 0 Å². The van der Waals surface area contributed by atoms with E-state index in [-0.39, 0.29) is 0 Å². The highest BCUT2D eigenvalue weighted by molar-refractivity contribution is 7.98. The van der Waals surface area contributed by atoms with Crippen LogP contribution in [0.2, 0.25) is 0 Å². The predicted molar refractivity (Wildman–Crippen MR) is 65.8 cm³/mol. The molecule has 0 spiro atoms. The average Bonchev–Trinajstić information content (AvgIpc) is 2.27. The zero-order valence-corrected chi connectivity index (χ0v) is 8.97. The predicted octanol–water partition coefficient (Wildman–Crippen LogP) is 4.20. The van der Waals surface area contributed by atoms with Crippen molar-refractivity contribution in [3.05, 3.63) is 48.5 Å². The van der Waals surface area contributed by atoms with Crippen molar-refractivity contribution in [2.75, 3.05) is 6.26 Å². The first-order chi connectivity index (χ1) is 6.83. The monoisotopic (exact) mass is 200 g/mol. The van der Waals surface area contributed by atoms with Crippen molar-refractivity contribution in [3.8, 4) is 0 Å². The number of benzene rings is 2. The zero-order valence-electron chi connectivity index (χ0n) is 8.16. The fourth-order valence-electron chi connectivity index (χ4n) is 1.50. The van der Waals surface area contributed by atoms with E-state index in [1.807, 2.05) is 6.08 Å². The molecule has 0 aliphatic heterocycles. The van der Waals surface area contributed by atoms with Gasteiger partial charge in [0.1, 0.15) is 0 Å². The van der Waals surface area contributed by atoms with Crippen molar-refractivity contribution in [1.82, 2.24) is 0 Å². The topological polar surface area (TPSA) is 0 Å². The minimum Gasteiger partial charge on any atom is -0.130 e. The van der Waals surface area contributed by atoms with Crippen molar-refractivity contribution >= 4 is 28.6 Å². The number of fused-ring (bicyclic) bond motifs is 1. The van der Waals surface area contributed by atoms with Gasteiger partial charge in [0.2, 0.25) is 0 Å². The van der Waals surface area contributed by atoms with Gasteiger partial charge >= 0.3 is 0 Å². The van der Waals surface area contributed by atoms with E-state index in [0.29, 0.717) is 0 Å². The maximum Gasteiger partial charge on any atom is 0.00755 e. The Balaban J connectivity index is 2.63. The van der Waals surface area contributed by atoms with Gasteiger partial charge in [0, 0.05) is 4.90 Å². The summed E-state index contributed by atoms with van der Waals surface area (Å²) in [5, 5.41) is 2.57. The van der Waals surface area contributed by atoms with Gasteiger partial charge in [-0.2, -0.15) is 0 Å². The molecule has 0 atom stereocenters. The Hall–Kier alpha value is -1.21. The summed E-state index contributed by atoms with van der Waals surface area (Å²) in [6.07, 6.45) is 3.97. The summed E-state index contributed by atoms with van der Waals surface area (Å²) in [5.41, 5.74) is 1.18. The summed E-state index contributed by atoms with van der Waals surface area (Å²) < 4.78 is 0. The second-order valence-corrected chi connectivity index (χ2v) is 4.06.